The smallest absolute Gasteiger partial charge is 0.186 e. The van der Waals surface area contributed by atoms with Crippen LogP contribution in [0.25, 0.3) is 22.3 Å². The van der Waals surface area contributed by atoms with E-state index >= 15 is 0 Å². The second kappa shape index (κ2) is 9.17. The van der Waals surface area contributed by atoms with Crippen LogP contribution in [-0.4, -0.2) is 77.4 Å². The summed E-state index contributed by atoms with van der Waals surface area (Å²) >= 11 is 0. The Morgan fingerprint density at radius 1 is 1.27 bits per heavy atom. The molecule has 174 valence electrons. The molecule has 1 saturated heterocycles. The SMILES string of the molecule is N#CCC(C1CCC(OC2OCC(O)C(O)C2O)C1)n1cc(-c2ncnc3[nH]ccc23)cn1. The van der Waals surface area contributed by atoms with Crippen molar-refractivity contribution in [1.82, 2.24) is 24.7 Å². The van der Waals surface area contributed by atoms with E-state index in [1.807, 2.05) is 23.1 Å². The first-order valence-corrected chi connectivity index (χ1v) is 11.1. The monoisotopic (exact) mass is 454 g/mol. The highest BCUT2D eigenvalue weighted by molar-refractivity contribution is 5.89. The average Bonchev–Trinajstić information content (AvgIpc) is 3.58. The van der Waals surface area contributed by atoms with Crippen LogP contribution in [-0.2, 0) is 9.47 Å². The Hall–Kier alpha value is -2.88. The van der Waals surface area contributed by atoms with Crippen molar-refractivity contribution in [2.45, 2.75) is 62.4 Å². The van der Waals surface area contributed by atoms with Gasteiger partial charge < -0.3 is 29.8 Å². The predicted octanol–water partition coefficient (Wildman–Crippen LogP) is 0.900. The molecule has 33 heavy (non-hydrogen) atoms. The van der Waals surface area contributed by atoms with E-state index < -0.39 is 24.6 Å². The second-order valence-electron chi connectivity index (χ2n) is 8.68. The van der Waals surface area contributed by atoms with Crippen LogP contribution in [0.2, 0.25) is 0 Å². The van der Waals surface area contributed by atoms with Gasteiger partial charge in [-0.25, -0.2) is 9.97 Å². The number of rotatable bonds is 6. The highest BCUT2D eigenvalue weighted by atomic mass is 16.7. The van der Waals surface area contributed by atoms with Gasteiger partial charge in [0.2, 0.25) is 0 Å². The molecule has 0 bridgehead atoms. The third-order valence-electron chi connectivity index (χ3n) is 6.62. The van der Waals surface area contributed by atoms with E-state index in [9.17, 15) is 20.6 Å². The first-order valence-electron chi connectivity index (χ1n) is 11.1. The van der Waals surface area contributed by atoms with Crippen molar-refractivity contribution < 1.29 is 24.8 Å². The maximum Gasteiger partial charge on any atom is 0.186 e. The molecule has 11 heteroatoms. The maximum absolute atomic E-state index is 10.1. The van der Waals surface area contributed by atoms with Crippen molar-refractivity contribution in [2.75, 3.05) is 6.61 Å². The van der Waals surface area contributed by atoms with Crippen LogP contribution in [0.15, 0.2) is 31.0 Å². The summed E-state index contributed by atoms with van der Waals surface area (Å²) in [6.07, 6.45) is 4.61. The third kappa shape index (κ3) is 4.23. The highest BCUT2D eigenvalue weighted by Crippen LogP contribution is 2.39. The second-order valence-corrected chi connectivity index (χ2v) is 8.68. The van der Waals surface area contributed by atoms with Crippen molar-refractivity contribution in [3.8, 4) is 17.3 Å². The third-order valence-corrected chi connectivity index (χ3v) is 6.62. The van der Waals surface area contributed by atoms with Crippen LogP contribution in [0, 0.1) is 17.2 Å². The van der Waals surface area contributed by atoms with Crippen LogP contribution in [0.3, 0.4) is 0 Å². The van der Waals surface area contributed by atoms with Gasteiger partial charge in [-0.05, 0) is 31.2 Å². The van der Waals surface area contributed by atoms with Crippen molar-refractivity contribution in [3.63, 3.8) is 0 Å². The summed E-state index contributed by atoms with van der Waals surface area (Å²) in [6, 6.07) is 4.06. The molecule has 2 fully saturated rings. The van der Waals surface area contributed by atoms with Crippen LogP contribution in [0.4, 0.5) is 0 Å². The fourth-order valence-electron chi connectivity index (χ4n) is 4.85. The molecule has 3 aromatic heterocycles. The molecule has 0 amide bonds. The Morgan fingerprint density at radius 2 is 2.15 bits per heavy atom. The first-order chi connectivity index (χ1) is 16.0. The number of aromatic amines is 1. The Balaban J connectivity index is 1.29. The van der Waals surface area contributed by atoms with Crippen molar-refractivity contribution in [2.24, 2.45) is 5.92 Å². The molecule has 3 aromatic rings. The molecule has 11 nitrogen and oxygen atoms in total. The molecule has 1 aliphatic heterocycles. The molecule has 2 aliphatic rings. The summed E-state index contributed by atoms with van der Waals surface area (Å²) in [5.74, 6) is 0.149. The Bertz CT molecular complexity index is 1140. The summed E-state index contributed by atoms with van der Waals surface area (Å²) < 4.78 is 13.1. The van der Waals surface area contributed by atoms with Gasteiger partial charge in [-0.1, -0.05) is 0 Å². The molecule has 7 atom stereocenters. The van der Waals surface area contributed by atoms with E-state index in [2.05, 4.69) is 26.1 Å². The number of H-pyrrole nitrogens is 1. The van der Waals surface area contributed by atoms with E-state index in [-0.39, 0.29) is 24.7 Å². The van der Waals surface area contributed by atoms with Gasteiger partial charge in [0.25, 0.3) is 0 Å². The van der Waals surface area contributed by atoms with Gasteiger partial charge >= 0.3 is 0 Å². The summed E-state index contributed by atoms with van der Waals surface area (Å²) in [5.41, 5.74) is 2.38. The van der Waals surface area contributed by atoms with Crippen LogP contribution < -0.4 is 0 Å². The zero-order chi connectivity index (χ0) is 22.9. The average molecular weight is 454 g/mol. The number of aliphatic hydroxyl groups is 3. The number of ether oxygens (including phenoxy) is 2. The Labute approximate surface area is 189 Å². The topological polar surface area (TPSA) is 162 Å². The highest BCUT2D eigenvalue weighted by Gasteiger charge is 2.41. The number of nitrogens with zero attached hydrogens (tertiary/aromatic N) is 5. The lowest BCUT2D eigenvalue weighted by Crippen LogP contribution is -2.54. The standard InChI is InChI=1S/C22H26N6O5/c23-5-3-16(12-1-2-14(7-12)33-22-20(31)19(30)17(29)10-32-22)28-9-13(8-27-28)18-15-4-6-24-21(15)26-11-25-18/h4,6,8-9,11-12,14,16-17,19-20,22,29-31H,1-3,7,10H2,(H,24,25,26). The van der Waals surface area contributed by atoms with Crippen LogP contribution in [0.1, 0.15) is 31.7 Å². The van der Waals surface area contributed by atoms with Gasteiger partial charge in [0.15, 0.2) is 6.29 Å². The lowest BCUT2D eigenvalue weighted by atomic mass is 9.96. The molecule has 0 radical (unpaired) electrons. The van der Waals surface area contributed by atoms with Gasteiger partial charge in [0, 0.05) is 23.3 Å². The Morgan fingerprint density at radius 3 is 3.00 bits per heavy atom. The number of aliphatic hydroxyl groups excluding tert-OH is 3. The molecule has 4 N–H and O–H groups in total. The molecule has 0 aromatic carbocycles. The summed E-state index contributed by atoms with van der Waals surface area (Å²) in [4.78, 5) is 11.7. The lowest BCUT2D eigenvalue weighted by Gasteiger charge is -2.36. The molecular weight excluding hydrogens is 428 g/mol. The van der Waals surface area contributed by atoms with Crippen LogP contribution in [0.5, 0.6) is 0 Å². The van der Waals surface area contributed by atoms with Gasteiger partial charge in [0.05, 0.1) is 43.1 Å². The number of fused-ring (bicyclic) bond motifs is 1. The largest absolute Gasteiger partial charge is 0.388 e. The van der Waals surface area contributed by atoms with Gasteiger partial charge in [-0.3, -0.25) is 4.68 Å². The van der Waals surface area contributed by atoms with Gasteiger partial charge in [-0.15, -0.1) is 0 Å². The van der Waals surface area contributed by atoms with Crippen LogP contribution >= 0.6 is 0 Å². The van der Waals surface area contributed by atoms with Gasteiger partial charge in [-0.2, -0.15) is 10.4 Å². The number of hydrogen-bond donors (Lipinski definition) is 4. The summed E-state index contributed by atoms with van der Waals surface area (Å²) in [7, 11) is 0. The molecule has 4 heterocycles. The van der Waals surface area contributed by atoms with E-state index in [1.165, 1.54) is 6.33 Å². The summed E-state index contributed by atoms with van der Waals surface area (Å²) in [5, 5.41) is 44.6. The van der Waals surface area contributed by atoms with Gasteiger partial charge in [0.1, 0.15) is 30.3 Å². The number of nitrogens with one attached hydrogen (secondary N) is 1. The van der Waals surface area contributed by atoms with E-state index in [0.717, 1.165) is 35.1 Å². The Kier molecular flexibility index (Phi) is 6.09. The molecule has 1 saturated carbocycles. The normalized spacial score (nSPS) is 31.0. The molecule has 0 spiro atoms. The van der Waals surface area contributed by atoms with Crippen molar-refractivity contribution >= 4 is 11.0 Å². The minimum absolute atomic E-state index is 0.0936. The quantitative estimate of drug-likeness (QED) is 0.424. The molecule has 5 rings (SSSR count). The zero-order valence-electron chi connectivity index (χ0n) is 17.9. The number of aromatic nitrogens is 5. The maximum atomic E-state index is 10.1. The van der Waals surface area contributed by atoms with E-state index in [1.54, 1.807) is 6.20 Å². The molecule has 7 unspecified atom stereocenters. The predicted molar refractivity (Wildman–Crippen MR) is 114 cm³/mol. The lowest BCUT2D eigenvalue weighted by molar-refractivity contribution is -0.281. The number of hydrogen-bond acceptors (Lipinski definition) is 9. The first kappa shape index (κ1) is 21.9. The molecular formula is C22H26N6O5. The molecule has 1 aliphatic carbocycles. The van der Waals surface area contributed by atoms with Crippen molar-refractivity contribution in [1.29, 1.82) is 5.26 Å². The number of nitriles is 1. The minimum atomic E-state index is -1.31. The summed E-state index contributed by atoms with van der Waals surface area (Å²) in [6.45, 7) is -0.0936. The van der Waals surface area contributed by atoms with E-state index in [0.29, 0.717) is 12.8 Å². The van der Waals surface area contributed by atoms with E-state index in [4.69, 9.17) is 9.47 Å². The van der Waals surface area contributed by atoms with Crippen molar-refractivity contribution in [3.05, 3.63) is 31.0 Å². The fourth-order valence-corrected chi connectivity index (χ4v) is 4.85. The zero-order valence-corrected chi connectivity index (χ0v) is 17.9. The fraction of sp³-hybridized carbons (Fsp3) is 0.545. The minimum Gasteiger partial charge on any atom is -0.388 e.